The van der Waals surface area contributed by atoms with Crippen LogP contribution in [0.25, 0.3) is 0 Å². The highest BCUT2D eigenvalue weighted by atomic mass is 16.1. The minimum atomic E-state index is -0.0928. The summed E-state index contributed by atoms with van der Waals surface area (Å²) in [5.74, 6) is 0.721. The van der Waals surface area contributed by atoms with Crippen molar-refractivity contribution in [3.63, 3.8) is 0 Å². The maximum absolute atomic E-state index is 12.9. The maximum Gasteiger partial charge on any atom is 0.270 e. The first kappa shape index (κ1) is 18.2. The van der Waals surface area contributed by atoms with Gasteiger partial charge in [0.15, 0.2) is 0 Å². The Morgan fingerprint density at radius 2 is 1.50 bits per heavy atom. The summed E-state index contributed by atoms with van der Waals surface area (Å²) >= 11 is 0. The van der Waals surface area contributed by atoms with Gasteiger partial charge in [-0.25, -0.2) is 4.98 Å². The Kier molecular flexibility index (Phi) is 5.38. The van der Waals surface area contributed by atoms with Crippen molar-refractivity contribution in [2.24, 2.45) is 0 Å². The molecule has 0 spiro atoms. The van der Waals surface area contributed by atoms with Crippen LogP contribution in [0.1, 0.15) is 44.7 Å². The van der Waals surface area contributed by atoms with Gasteiger partial charge in [0.05, 0.1) is 0 Å². The number of rotatable bonds is 6. The van der Waals surface area contributed by atoms with Crippen LogP contribution in [0.15, 0.2) is 60.7 Å². The smallest absolute Gasteiger partial charge is 0.270 e. The molecule has 0 aliphatic heterocycles. The Bertz CT molecular complexity index is 968. The predicted octanol–water partition coefficient (Wildman–Crippen LogP) is 4.42. The molecule has 2 N–H and O–H groups in total. The molecule has 0 fully saturated rings. The molecule has 1 aliphatic carbocycles. The summed E-state index contributed by atoms with van der Waals surface area (Å²) in [5, 5.41) is 6.47. The van der Waals surface area contributed by atoms with Crippen molar-refractivity contribution < 1.29 is 4.79 Å². The Balaban J connectivity index is 1.56. The van der Waals surface area contributed by atoms with Crippen LogP contribution < -0.4 is 10.6 Å². The molecule has 1 heterocycles. The van der Waals surface area contributed by atoms with Gasteiger partial charge in [0, 0.05) is 13.1 Å². The van der Waals surface area contributed by atoms with E-state index in [2.05, 4.69) is 29.7 Å². The third kappa shape index (κ3) is 3.91. The van der Waals surface area contributed by atoms with Crippen molar-refractivity contribution in [2.45, 2.75) is 39.3 Å². The Labute approximate surface area is 166 Å². The van der Waals surface area contributed by atoms with Crippen LogP contribution in [0, 0.1) is 6.92 Å². The number of carbonyl (C=O) groups is 1. The summed E-state index contributed by atoms with van der Waals surface area (Å²) in [6.07, 6.45) is 3.03. The van der Waals surface area contributed by atoms with Gasteiger partial charge < -0.3 is 10.6 Å². The molecule has 1 aromatic heterocycles. The summed E-state index contributed by atoms with van der Waals surface area (Å²) < 4.78 is 0. The highest BCUT2D eigenvalue weighted by Crippen LogP contribution is 2.31. The van der Waals surface area contributed by atoms with Crippen LogP contribution in [-0.4, -0.2) is 10.9 Å². The van der Waals surface area contributed by atoms with E-state index < -0.39 is 0 Å². The van der Waals surface area contributed by atoms with Crippen LogP contribution in [-0.2, 0) is 25.9 Å². The lowest BCUT2D eigenvalue weighted by atomic mass is 10.0. The van der Waals surface area contributed by atoms with Gasteiger partial charge in [-0.2, -0.15) is 0 Å². The molecule has 4 nitrogen and oxygen atoms in total. The zero-order chi connectivity index (χ0) is 19.3. The molecule has 3 aromatic rings. The zero-order valence-electron chi connectivity index (χ0n) is 16.2. The zero-order valence-corrected chi connectivity index (χ0v) is 16.2. The average Bonchev–Trinajstić information content (AvgIpc) is 3.23. The predicted molar refractivity (Wildman–Crippen MR) is 112 cm³/mol. The van der Waals surface area contributed by atoms with E-state index in [1.165, 1.54) is 16.7 Å². The lowest BCUT2D eigenvalue weighted by Gasteiger charge is -2.16. The van der Waals surface area contributed by atoms with Crippen molar-refractivity contribution in [3.05, 3.63) is 94.2 Å². The number of amides is 1. The van der Waals surface area contributed by atoms with E-state index in [0.717, 1.165) is 36.2 Å². The van der Waals surface area contributed by atoms with Crippen LogP contribution in [0.2, 0.25) is 0 Å². The molecular formula is C24H25N3O. The Morgan fingerprint density at radius 3 is 2.18 bits per heavy atom. The maximum atomic E-state index is 12.9. The third-order valence-corrected chi connectivity index (χ3v) is 5.35. The van der Waals surface area contributed by atoms with Gasteiger partial charge in [0.2, 0.25) is 0 Å². The molecule has 142 valence electrons. The first-order chi connectivity index (χ1) is 13.7. The molecule has 0 atom stereocenters. The molecule has 4 rings (SSSR count). The Morgan fingerprint density at radius 1 is 0.893 bits per heavy atom. The minimum absolute atomic E-state index is 0.0928. The monoisotopic (exact) mass is 371 g/mol. The highest BCUT2D eigenvalue weighted by Gasteiger charge is 2.24. The van der Waals surface area contributed by atoms with Gasteiger partial charge >= 0.3 is 0 Å². The Hall–Kier alpha value is -3.14. The van der Waals surface area contributed by atoms with Crippen molar-refractivity contribution in [1.29, 1.82) is 0 Å². The number of benzene rings is 2. The number of fused-ring (bicyclic) bond motifs is 1. The fourth-order valence-corrected chi connectivity index (χ4v) is 3.83. The first-order valence-electron chi connectivity index (χ1n) is 9.84. The van der Waals surface area contributed by atoms with Crippen LogP contribution in [0.5, 0.6) is 0 Å². The summed E-state index contributed by atoms with van der Waals surface area (Å²) in [7, 11) is 0. The van der Waals surface area contributed by atoms with Crippen molar-refractivity contribution in [3.8, 4) is 0 Å². The number of pyridine rings is 1. The number of nitrogens with zero attached hydrogens (tertiary/aromatic N) is 1. The molecule has 1 amide bonds. The summed E-state index contributed by atoms with van der Waals surface area (Å²) in [6.45, 7) is 3.31. The molecule has 0 saturated heterocycles. The largest absolute Gasteiger partial charge is 0.366 e. The first-order valence-corrected chi connectivity index (χ1v) is 9.84. The number of aromatic nitrogens is 1. The molecule has 0 unspecified atom stereocenters. The molecule has 0 radical (unpaired) electrons. The van der Waals surface area contributed by atoms with Gasteiger partial charge in [0.25, 0.3) is 5.91 Å². The van der Waals surface area contributed by atoms with Crippen molar-refractivity contribution >= 4 is 11.7 Å². The van der Waals surface area contributed by atoms with E-state index in [1.807, 2.05) is 48.5 Å². The fourth-order valence-electron chi connectivity index (χ4n) is 3.83. The van der Waals surface area contributed by atoms with Gasteiger partial charge in [0.1, 0.15) is 11.5 Å². The van der Waals surface area contributed by atoms with E-state index in [-0.39, 0.29) is 5.91 Å². The summed E-state index contributed by atoms with van der Waals surface area (Å²) in [4.78, 5) is 17.7. The van der Waals surface area contributed by atoms with Gasteiger partial charge in [-0.15, -0.1) is 0 Å². The second kappa shape index (κ2) is 8.26. The molecule has 0 bridgehead atoms. The number of nitrogens with one attached hydrogen (secondary N) is 2. The average molecular weight is 371 g/mol. The fraction of sp³-hybridized carbons (Fsp3) is 0.250. The van der Waals surface area contributed by atoms with Gasteiger partial charge in [-0.05, 0) is 54.0 Å². The van der Waals surface area contributed by atoms with E-state index in [9.17, 15) is 4.79 Å². The second-order valence-electron chi connectivity index (χ2n) is 7.25. The summed E-state index contributed by atoms with van der Waals surface area (Å²) in [6, 6.07) is 20.2. The second-order valence-corrected chi connectivity index (χ2v) is 7.25. The van der Waals surface area contributed by atoms with E-state index in [1.54, 1.807) is 0 Å². The van der Waals surface area contributed by atoms with Gasteiger partial charge in [-0.1, -0.05) is 60.7 Å². The lowest BCUT2D eigenvalue weighted by Crippen LogP contribution is -2.26. The van der Waals surface area contributed by atoms with Crippen LogP contribution >= 0.6 is 0 Å². The number of hydrogen-bond acceptors (Lipinski definition) is 3. The van der Waals surface area contributed by atoms with E-state index in [0.29, 0.717) is 18.8 Å². The third-order valence-electron chi connectivity index (χ3n) is 5.35. The van der Waals surface area contributed by atoms with Crippen LogP contribution in [0.4, 0.5) is 5.82 Å². The number of hydrogen-bond donors (Lipinski definition) is 2. The normalized spacial score (nSPS) is 12.5. The molecule has 28 heavy (non-hydrogen) atoms. The van der Waals surface area contributed by atoms with E-state index in [4.69, 9.17) is 4.98 Å². The van der Waals surface area contributed by atoms with E-state index >= 15 is 0 Å². The standard InChI is InChI=1S/C24H25N3O/c1-17-20-13-8-14-21(20)22(24(28)26-16-19-11-6-3-7-12-19)27-23(17)25-15-18-9-4-2-5-10-18/h2-7,9-12H,8,13-16H2,1H3,(H,25,27)(H,26,28). The molecular weight excluding hydrogens is 346 g/mol. The minimum Gasteiger partial charge on any atom is -0.366 e. The topological polar surface area (TPSA) is 54.0 Å². The number of anilines is 1. The molecule has 2 aromatic carbocycles. The van der Waals surface area contributed by atoms with Crippen molar-refractivity contribution in [2.75, 3.05) is 5.32 Å². The van der Waals surface area contributed by atoms with Crippen molar-refractivity contribution in [1.82, 2.24) is 10.3 Å². The quantitative estimate of drug-likeness (QED) is 0.674. The lowest BCUT2D eigenvalue weighted by molar-refractivity contribution is 0.0945. The SMILES string of the molecule is Cc1c(NCc2ccccc2)nc(C(=O)NCc2ccccc2)c2c1CCC2. The molecule has 0 saturated carbocycles. The summed E-state index contributed by atoms with van der Waals surface area (Å²) in [5.41, 5.74) is 6.43. The molecule has 1 aliphatic rings. The van der Waals surface area contributed by atoms with Crippen LogP contribution in [0.3, 0.4) is 0 Å². The molecule has 4 heteroatoms. The van der Waals surface area contributed by atoms with Gasteiger partial charge in [-0.3, -0.25) is 4.79 Å². The highest BCUT2D eigenvalue weighted by molar-refractivity contribution is 5.95. The number of carbonyl (C=O) groups excluding carboxylic acids is 1.